The molecule has 66 heavy (non-hydrogen) atoms. The first-order valence-electron chi connectivity index (χ1n) is 23.6. The van der Waals surface area contributed by atoms with Gasteiger partial charge in [-0.3, -0.25) is 0 Å². The Bertz CT molecular complexity index is 4090. The molecule has 0 radical (unpaired) electrons. The van der Waals surface area contributed by atoms with E-state index in [1.807, 2.05) is 22.7 Å². The van der Waals surface area contributed by atoms with Gasteiger partial charge in [-0.25, -0.2) is 0 Å². The normalized spacial score (nSPS) is 15.4. The van der Waals surface area contributed by atoms with E-state index in [1.165, 1.54) is 119 Å². The SMILES string of the molecule is CC(C)(C)c1ccc(Nc2cc3sc4cc5c(cc4c3cc2-c2ccc3c4cc6oc7ccccc7c6cc4n4c3c2Bc2cc3c(cc2-4)sc2ccccc23)C(C)(C)CCC5(C)C)cc1. The summed E-state index contributed by atoms with van der Waals surface area (Å²) in [4.78, 5) is 0. The van der Waals surface area contributed by atoms with Gasteiger partial charge in [0.1, 0.15) is 11.2 Å². The molecule has 2 aliphatic rings. The summed E-state index contributed by atoms with van der Waals surface area (Å²) in [6, 6.07) is 51.0. The molecule has 0 fully saturated rings. The van der Waals surface area contributed by atoms with Crippen LogP contribution in [0.25, 0.3) is 101 Å². The molecule has 0 atom stereocenters. The van der Waals surface area contributed by atoms with Gasteiger partial charge in [-0.05, 0) is 129 Å². The minimum atomic E-state index is 0.0747. The van der Waals surface area contributed by atoms with Crippen molar-refractivity contribution in [1.29, 1.82) is 0 Å². The van der Waals surface area contributed by atoms with Crippen molar-refractivity contribution in [2.45, 2.75) is 77.6 Å². The number of thiophene rings is 2. The fourth-order valence-electron chi connectivity index (χ4n) is 11.8. The molecule has 0 saturated heterocycles. The topological polar surface area (TPSA) is 30.1 Å². The van der Waals surface area contributed by atoms with E-state index in [4.69, 9.17) is 4.42 Å². The maximum Gasteiger partial charge on any atom is 0.198 e. The van der Waals surface area contributed by atoms with Gasteiger partial charge in [0.15, 0.2) is 7.28 Å². The Morgan fingerprint density at radius 3 is 2.05 bits per heavy atom. The average molecular weight is 889 g/mol. The van der Waals surface area contributed by atoms with Crippen LogP contribution in [0.15, 0.2) is 138 Å². The molecule has 4 aromatic heterocycles. The molecule has 8 aromatic carbocycles. The summed E-state index contributed by atoms with van der Waals surface area (Å²) in [7, 11) is 0.830. The van der Waals surface area contributed by atoms with Crippen LogP contribution in [0.2, 0.25) is 0 Å². The minimum Gasteiger partial charge on any atom is -0.456 e. The lowest BCUT2D eigenvalue weighted by Gasteiger charge is -2.41. The smallest absolute Gasteiger partial charge is 0.198 e. The first-order chi connectivity index (χ1) is 31.8. The van der Waals surface area contributed by atoms with Crippen LogP contribution in [0.3, 0.4) is 0 Å². The van der Waals surface area contributed by atoms with E-state index < -0.39 is 0 Å². The van der Waals surface area contributed by atoms with Crippen molar-refractivity contribution in [3.63, 3.8) is 0 Å². The standard InChI is InChI=1S/C60H49BN2OS2/c1-58(2,3)32-16-18-33(19-17-32)62-47-30-54-41(42-25-44-45(29-53(42)66-54)60(6,7)23-22-59(44,4)5)24-38(47)36-20-21-37-39-28-51-40(34-12-8-10-14-50(34)64-51)27-48(39)63-49-31-55-43(26-46(49)61-56(36)57(37)63)35-13-9-11-15-52(35)65-55/h8-21,24-31,61-62H,22-23H2,1-7H3. The molecule has 1 N–H and O–H groups in total. The highest BCUT2D eigenvalue weighted by Crippen LogP contribution is 2.51. The van der Waals surface area contributed by atoms with E-state index in [2.05, 4.69) is 192 Å². The first kappa shape index (κ1) is 38.9. The Morgan fingerprint density at radius 1 is 0.561 bits per heavy atom. The van der Waals surface area contributed by atoms with Crippen LogP contribution >= 0.6 is 22.7 Å². The highest BCUT2D eigenvalue weighted by molar-refractivity contribution is 7.26. The fourth-order valence-corrected chi connectivity index (χ4v) is 14.1. The predicted octanol–water partition coefficient (Wildman–Crippen LogP) is 16.2. The molecular formula is C60H49BN2OS2. The van der Waals surface area contributed by atoms with Crippen LogP contribution in [0.5, 0.6) is 0 Å². The third kappa shape index (κ3) is 5.49. The summed E-state index contributed by atoms with van der Waals surface area (Å²) < 4.78 is 14.5. The number of hydrogen-bond acceptors (Lipinski definition) is 4. The summed E-state index contributed by atoms with van der Waals surface area (Å²) >= 11 is 3.84. The molecule has 1 aliphatic carbocycles. The van der Waals surface area contributed by atoms with E-state index in [1.54, 1.807) is 0 Å². The van der Waals surface area contributed by atoms with Gasteiger partial charge in [-0.1, -0.05) is 121 Å². The predicted molar refractivity (Wildman–Crippen MR) is 289 cm³/mol. The number of anilines is 2. The van der Waals surface area contributed by atoms with E-state index in [9.17, 15) is 0 Å². The zero-order valence-electron chi connectivity index (χ0n) is 38.5. The van der Waals surface area contributed by atoms with Crippen LogP contribution in [0, 0.1) is 0 Å². The monoisotopic (exact) mass is 888 g/mol. The second kappa shape index (κ2) is 13.2. The Hall–Kier alpha value is -6.34. The molecule has 0 bridgehead atoms. The van der Waals surface area contributed by atoms with Crippen molar-refractivity contribution in [2.24, 2.45) is 0 Å². The van der Waals surface area contributed by atoms with Gasteiger partial charge in [0.25, 0.3) is 0 Å². The molecule has 0 spiro atoms. The van der Waals surface area contributed by atoms with E-state index in [0.29, 0.717) is 0 Å². The molecule has 320 valence electrons. The maximum absolute atomic E-state index is 6.56. The Morgan fingerprint density at radius 2 is 1.24 bits per heavy atom. The van der Waals surface area contributed by atoms with Crippen molar-refractivity contribution in [3.8, 4) is 16.8 Å². The van der Waals surface area contributed by atoms with Crippen LogP contribution in [0.1, 0.15) is 78.0 Å². The zero-order chi connectivity index (χ0) is 44.6. The van der Waals surface area contributed by atoms with Crippen LogP contribution in [-0.2, 0) is 16.2 Å². The number of fused-ring (bicyclic) bond motifs is 15. The van der Waals surface area contributed by atoms with Gasteiger partial charge in [-0.2, -0.15) is 0 Å². The Labute approximate surface area is 392 Å². The second-order valence-electron chi connectivity index (χ2n) is 21.6. The summed E-state index contributed by atoms with van der Waals surface area (Å²) in [6.07, 6.45) is 2.40. The van der Waals surface area contributed by atoms with Gasteiger partial charge in [-0.15, -0.1) is 22.7 Å². The largest absolute Gasteiger partial charge is 0.456 e. The molecule has 0 amide bonds. The highest BCUT2D eigenvalue weighted by Gasteiger charge is 2.38. The van der Waals surface area contributed by atoms with Gasteiger partial charge >= 0.3 is 0 Å². The van der Waals surface area contributed by atoms with Crippen molar-refractivity contribution in [3.05, 3.63) is 150 Å². The minimum absolute atomic E-state index is 0.0747. The number of hydrogen-bond donors (Lipinski definition) is 1. The molecule has 0 unspecified atom stereocenters. The van der Waals surface area contributed by atoms with Crippen molar-refractivity contribution in [2.75, 3.05) is 5.32 Å². The quantitative estimate of drug-likeness (QED) is 0.179. The molecule has 14 rings (SSSR count). The fraction of sp³-hybridized carbons (Fsp3) is 0.200. The van der Waals surface area contributed by atoms with Gasteiger partial charge in [0.2, 0.25) is 0 Å². The Kier molecular flexibility index (Phi) is 7.77. The number of aromatic nitrogens is 1. The van der Waals surface area contributed by atoms with E-state index in [-0.39, 0.29) is 16.2 Å². The summed E-state index contributed by atoms with van der Waals surface area (Å²) in [6.45, 7) is 16.6. The number of para-hydroxylation sites is 1. The lowest BCUT2D eigenvalue weighted by molar-refractivity contribution is 0.332. The van der Waals surface area contributed by atoms with E-state index in [0.717, 1.165) is 40.6 Å². The molecule has 1 aliphatic heterocycles. The van der Waals surface area contributed by atoms with E-state index >= 15 is 0 Å². The summed E-state index contributed by atoms with van der Waals surface area (Å²) in [5, 5.41) is 14.2. The lowest BCUT2D eigenvalue weighted by Crippen LogP contribution is -2.37. The lowest BCUT2D eigenvalue weighted by atomic mass is 9.59. The summed E-state index contributed by atoms with van der Waals surface area (Å²) in [5.74, 6) is 0. The van der Waals surface area contributed by atoms with Crippen molar-refractivity contribution < 1.29 is 4.42 Å². The van der Waals surface area contributed by atoms with Crippen LogP contribution < -0.4 is 16.2 Å². The van der Waals surface area contributed by atoms with Gasteiger partial charge < -0.3 is 14.3 Å². The molecule has 0 saturated carbocycles. The van der Waals surface area contributed by atoms with Crippen LogP contribution in [0.4, 0.5) is 11.4 Å². The second-order valence-corrected chi connectivity index (χ2v) is 23.8. The molecule has 12 aromatic rings. The average Bonchev–Trinajstić information content (AvgIpc) is 4.05. The highest BCUT2D eigenvalue weighted by atomic mass is 32.1. The number of nitrogens with zero attached hydrogens (tertiary/aromatic N) is 1. The number of rotatable bonds is 3. The maximum atomic E-state index is 6.56. The molecular weight excluding hydrogens is 840 g/mol. The number of nitrogens with one attached hydrogen (secondary N) is 1. The number of benzene rings is 8. The first-order valence-corrected chi connectivity index (χ1v) is 25.2. The molecule has 6 heteroatoms. The Balaban J connectivity index is 1.07. The van der Waals surface area contributed by atoms with Gasteiger partial charge in [0.05, 0.1) is 5.52 Å². The van der Waals surface area contributed by atoms with Gasteiger partial charge in [0, 0.05) is 84.6 Å². The third-order valence-electron chi connectivity index (χ3n) is 15.6. The molecule has 3 nitrogen and oxygen atoms in total. The summed E-state index contributed by atoms with van der Waals surface area (Å²) in [5.41, 5.74) is 17.8. The van der Waals surface area contributed by atoms with Crippen molar-refractivity contribution >= 4 is 136 Å². The van der Waals surface area contributed by atoms with Crippen molar-refractivity contribution in [1.82, 2.24) is 4.57 Å². The zero-order valence-corrected chi connectivity index (χ0v) is 40.1. The van der Waals surface area contributed by atoms with Crippen LogP contribution in [-0.4, -0.2) is 11.8 Å². The molecule has 5 heterocycles. The third-order valence-corrected chi connectivity index (χ3v) is 17.9. The number of furan rings is 1.